The van der Waals surface area contributed by atoms with Gasteiger partial charge in [-0.25, -0.2) is 4.68 Å². The van der Waals surface area contributed by atoms with Gasteiger partial charge in [0.15, 0.2) is 0 Å². The zero-order chi connectivity index (χ0) is 13.8. The van der Waals surface area contributed by atoms with Gasteiger partial charge in [-0.05, 0) is 26.0 Å². The van der Waals surface area contributed by atoms with E-state index < -0.39 is 0 Å². The highest BCUT2D eigenvalue weighted by Crippen LogP contribution is 2.27. The molecule has 1 aliphatic rings. The Bertz CT molecular complexity index is 537. The fourth-order valence-corrected chi connectivity index (χ4v) is 2.85. The monoisotopic (exact) mass is 274 g/mol. The van der Waals surface area contributed by atoms with E-state index in [1.165, 1.54) is 32.1 Å². The Balaban J connectivity index is 1.63. The van der Waals surface area contributed by atoms with E-state index in [0.717, 1.165) is 17.9 Å². The summed E-state index contributed by atoms with van der Waals surface area (Å²) in [6, 6.07) is 2.68. The highest BCUT2D eigenvalue weighted by atomic mass is 15.4. The number of hydrogen-bond donors (Lipinski definition) is 1. The van der Waals surface area contributed by atoms with Crippen LogP contribution in [0.5, 0.6) is 0 Å². The SMILES string of the molecule is CNCc1cn(Cc2ccn(C3CCCCC3)n2)nn1. The molecule has 0 atom stereocenters. The summed E-state index contributed by atoms with van der Waals surface area (Å²) in [6.07, 6.45) is 10.6. The van der Waals surface area contributed by atoms with E-state index in [2.05, 4.69) is 32.6 Å². The van der Waals surface area contributed by atoms with Crippen LogP contribution in [-0.4, -0.2) is 31.8 Å². The largest absolute Gasteiger partial charge is 0.314 e. The van der Waals surface area contributed by atoms with Gasteiger partial charge in [0.2, 0.25) is 0 Å². The van der Waals surface area contributed by atoms with Crippen molar-refractivity contribution >= 4 is 0 Å². The lowest BCUT2D eigenvalue weighted by Crippen LogP contribution is -2.13. The van der Waals surface area contributed by atoms with Crippen LogP contribution in [0.2, 0.25) is 0 Å². The van der Waals surface area contributed by atoms with Crippen molar-refractivity contribution in [2.45, 2.75) is 51.2 Å². The van der Waals surface area contributed by atoms with Gasteiger partial charge in [0.1, 0.15) is 0 Å². The smallest absolute Gasteiger partial charge is 0.0964 e. The average molecular weight is 274 g/mol. The van der Waals surface area contributed by atoms with Crippen molar-refractivity contribution in [1.82, 2.24) is 30.1 Å². The molecule has 0 aliphatic heterocycles. The third-order valence-electron chi connectivity index (χ3n) is 3.88. The molecule has 1 fully saturated rings. The highest BCUT2D eigenvalue weighted by Gasteiger charge is 2.16. The van der Waals surface area contributed by atoms with Crippen LogP contribution in [0.3, 0.4) is 0 Å². The molecule has 1 aliphatic carbocycles. The van der Waals surface area contributed by atoms with E-state index >= 15 is 0 Å². The summed E-state index contributed by atoms with van der Waals surface area (Å²) in [5, 5.41) is 16.0. The second-order valence-electron chi connectivity index (χ2n) is 5.52. The van der Waals surface area contributed by atoms with Crippen molar-refractivity contribution in [2.24, 2.45) is 0 Å². The summed E-state index contributed by atoms with van der Waals surface area (Å²) in [7, 11) is 1.91. The van der Waals surface area contributed by atoms with Gasteiger partial charge in [-0.1, -0.05) is 24.5 Å². The minimum Gasteiger partial charge on any atom is -0.314 e. The van der Waals surface area contributed by atoms with Gasteiger partial charge in [0.05, 0.1) is 30.2 Å². The molecule has 0 aromatic carbocycles. The molecule has 0 amide bonds. The molecule has 0 spiro atoms. The van der Waals surface area contributed by atoms with E-state index in [0.29, 0.717) is 12.6 Å². The maximum absolute atomic E-state index is 4.70. The third kappa shape index (κ3) is 3.07. The first kappa shape index (κ1) is 13.3. The molecule has 0 radical (unpaired) electrons. The second-order valence-corrected chi connectivity index (χ2v) is 5.52. The van der Waals surface area contributed by atoms with Crippen LogP contribution < -0.4 is 5.32 Å². The topological polar surface area (TPSA) is 60.6 Å². The first-order valence-electron chi connectivity index (χ1n) is 7.43. The number of nitrogens with zero attached hydrogens (tertiary/aromatic N) is 5. The molecule has 2 aromatic heterocycles. The molecular formula is C14H22N6. The predicted octanol–water partition coefficient (Wildman–Crippen LogP) is 1.75. The summed E-state index contributed by atoms with van der Waals surface area (Å²) in [5.41, 5.74) is 2.01. The van der Waals surface area contributed by atoms with Crippen molar-refractivity contribution in [3.8, 4) is 0 Å². The van der Waals surface area contributed by atoms with Crippen molar-refractivity contribution in [3.05, 3.63) is 29.8 Å². The van der Waals surface area contributed by atoms with Gasteiger partial charge in [-0.15, -0.1) is 5.10 Å². The van der Waals surface area contributed by atoms with Gasteiger partial charge in [-0.2, -0.15) is 5.10 Å². The van der Waals surface area contributed by atoms with Crippen LogP contribution in [-0.2, 0) is 13.1 Å². The molecule has 1 saturated carbocycles. The summed E-state index contributed by atoms with van der Waals surface area (Å²) in [4.78, 5) is 0. The lowest BCUT2D eigenvalue weighted by Gasteiger charge is -2.21. The molecule has 2 aromatic rings. The summed E-state index contributed by atoms with van der Waals surface area (Å²) in [5.74, 6) is 0. The van der Waals surface area contributed by atoms with Gasteiger partial charge in [0.25, 0.3) is 0 Å². The van der Waals surface area contributed by atoms with Crippen LogP contribution in [0.1, 0.15) is 49.5 Å². The van der Waals surface area contributed by atoms with Gasteiger partial charge in [0, 0.05) is 12.7 Å². The Morgan fingerprint density at radius 2 is 2.10 bits per heavy atom. The summed E-state index contributed by atoms with van der Waals surface area (Å²) in [6.45, 7) is 1.44. The quantitative estimate of drug-likeness (QED) is 0.902. The highest BCUT2D eigenvalue weighted by molar-refractivity contribution is 5.02. The molecule has 2 heterocycles. The van der Waals surface area contributed by atoms with Crippen molar-refractivity contribution in [2.75, 3.05) is 7.05 Å². The molecule has 6 heteroatoms. The van der Waals surface area contributed by atoms with E-state index in [-0.39, 0.29) is 0 Å². The van der Waals surface area contributed by atoms with E-state index in [4.69, 9.17) is 5.10 Å². The van der Waals surface area contributed by atoms with Crippen LogP contribution in [0.25, 0.3) is 0 Å². The van der Waals surface area contributed by atoms with Crippen LogP contribution in [0, 0.1) is 0 Å². The minimum absolute atomic E-state index is 0.591. The number of hydrogen-bond acceptors (Lipinski definition) is 4. The summed E-state index contributed by atoms with van der Waals surface area (Å²) < 4.78 is 3.99. The van der Waals surface area contributed by atoms with Gasteiger partial charge in [-0.3, -0.25) is 4.68 Å². The average Bonchev–Trinajstić information content (AvgIpc) is 3.11. The first-order chi connectivity index (χ1) is 9.85. The maximum Gasteiger partial charge on any atom is 0.0964 e. The Morgan fingerprint density at radius 1 is 1.25 bits per heavy atom. The molecule has 0 saturated heterocycles. The molecule has 108 valence electrons. The molecule has 0 bridgehead atoms. The van der Waals surface area contributed by atoms with E-state index in [1.807, 2.05) is 17.9 Å². The number of nitrogens with one attached hydrogen (secondary N) is 1. The lowest BCUT2D eigenvalue weighted by molar-refractivity contribution is 0.327. The van der Waals surface area contributed by atoms with Crippen molar-refractivity contribution in [1.29, 1.82) is 0 Å². The fourth-order valence-electron chi connectivity index (χ4n) is 2.85. The van der Waals surface area contributed by atoms with E-state index in [9.17, 15) is 0 Å². The van der Waals surface area contributed by atoms with Crippen LogP contribution in [0.4, 0.5) is 0 Å². The zero-order valence-electron chi connectivity index (χ0n) is 12.0. The molecule has 20 heavy (non-hydrogen) atoms. The Hall–Kier alpha value is -1.69. The molecule has 3 rings (SSSR count). The molecule has 0 unspecified atom stereocenters. The van der Waals surface area contributed by atoms with Gasteiger partial charge >= 0.3 is 0 Å². The van der Waals surface area contributed by atoms with Gasteiger partial charge < -0.3 is 5.32 Å². The predicted molar refractivity (Wildman–Crippen MR) is 76.2 cm³/mol. The summed E-state index contributed by atoms with van der Waals surface area (Å²) >= 11 is 0. The number of aromatic nitrogens is 5. The Kier molecular flexibility index (Phi) is 4.11. The maximum atomic E-state index is 4.70. The van der Waals surface area contributed by atoms with Crippen LogP contribution >= 0.6 is 0 Å². The standard InChI is InChI=1S/C14H22N6/c1-15-9-13-11-19(18-16-13)10-12-7-8-20(17-12)14-5-3-2-4-6-14/h7-8,11,14-15H,2-6,9-10H2,1H3. The van der Waals surface area contributed by atoms with Crippen molar-refractivity contribution < 1.29 is 0 Å². The third-order valence-corrected chi connectivity index (χ3v) is 3.88. The molecular weight excluding hydrogens is 252 g/mol. The second kappa shape index (κ2) is 6.17. The molecule has 6 nitrogen and oxygen atoms in total. The molecule has 1 N–H and O–H groups in total. The number of rotatable bonds is 5. The zero-order valence-corrected chi connectivity index (χ0v) is 12.0. The minimum atomic E-state index is 0.591. The first-order valence-corrected chi connectivity index (χ1v) is 7.43. The Labute approximate surface area is 119 Å². The van der Waals surface area contributed by atoms with Crippen LogP contribution in [0.15, 0.2) is 18.5 Å². The normalized spacial score (nSPS) is 16.6. The Morgan fingerprint density at radius 3 is 2.90 bits per heavy atom. The van der Waals surface area contributed by atoms with Crippen molar-refractivity contribution in [3.63, 3.8) is 0 Å². The lowest BCUT2D eigenvalue weighted by atomic mass is 9.96. The van der Waals surface area contributed by atoms with E-state index in [1.54, 1.807) is 0 Å². The fraction of sp³-hybridized carbons (Fsp3) is 0.643.